The summed E-state index contributed by atoms with van der Waals surface area (Å²) in [5.74, 6) is 0. The van der Waals surface area contributed by atoms with Crippen molar-refractivity contribution >= 4 is 5.69 Å². The number of ether oxygens (including phenoxy) is 1. The normalized spacial score (nSPS) is 18.4. The summed E-state index contributed by atoms with van der Waals surface area (Å²) in [6.07, 6.45) is 6.33. The summed E-state index contributed by atoms with van der Waals surface area (Å²) in [4.78, 5) is 5.09. The Hall–Kier alpha value is -1.10. The number of rotatable bonds is 9. The number of aryl methyl sites for hydroxylation is 1. The number of unbranched alkanes of at least 4 members (excludes halogenated alkanes) is 1. The Morgan fingerprint density at radius 1 is 1.08 bits per heavy atom. The Kier molecular flexibility index (Phi) is 7.58. The van der Waals surface area contributed by atoms with Crippen LogP contribution < -0.4 is 10.2 Å². The van der Waals surface area contributed by atoms with E-state index in [1.165, 1.54) is 63.0 Å². The van der Waals surface area contributed by atoms with Crippen LogP contribution in [-0.2, 0) is 17.7 Å². The van der Waals surface area contributed by atoms with Crippen molar-refractivity contribution in [2.45, 2.75) is 45.6 Å². The van der Waals surface area contributed by atoms with E-state index in [9.17, 15) is 0 Å². The third-order valence-corrected chi connectivity index (χ3v) is 5.40. The molecule has 0 radical (unpaired) electrons. The van der Waals surface area contributed by atoms with Crippen molar-refractivity contribution in [3.05, 3.63) is 29.3 Å². The summed E-state index contributed by atoms with van der Waals surface area (Å²) in [6, 6.07) is 7.11. The number of benzene rings is 1. The molecule has 1 fully saturated rings. The molecular weight excluding hydrogens is 310 g/mol. The second-order valence-electron chi connectivity index (χ2n) is 7.39. The number of anilines is 1. The topological polar surface area (TPSA) is 27.7 Å². The lowest BCUT2D eigenvalue weighted by atomic mass is 9.99. The van der Waals surface area contributed by atoms with Crippen LogP contribution in [0.2, 0.25) is 0 Å². The minimum atomic E-state index is 0.901. The summed E-state index contributed by atoms with van der Waals surface area (Å²) >= 11 is 0. The second-order valence-corrected chi connectivity index (χ2v) is 7.39. The Labute approximate surface area is 153 Å². The zero-order valence-corrected chi connectivity index (χ0v) is 15.9. The van der Waals surface area contributed by atoms with Crippen molar-refractivity contribution in [3.8, 4) is 0 Å². The summed E-state index contributed by atoms with van der Waals surface area (Å²) in [6.45, 7) is 12.0. The smallest absolute Gasteiger partial charge is 0.0594 e. The Bertz CT molecular complexity index is 514. The molecule has 2 aliphatic heterocycles. The van der Waals surface area contributed by atoms with Gasteiger partial charge in [-0.2, -0.15) is 0 Å². The first-order chi connectivity index (χ1) is 12.4. The largest absolute Gasteiger partial charge is 0.379 e. The highest BCUT2D eigenvalue weighted by molar-refractivity contribution is 5.56. The third kappa shape index (κ3) is 5.70. The standard InChI is InChI=1S/C21H35N3O/c1-2-3-11-24-12-4-6-20-17-19(7-8-21(20)24)18-22-9-5-10-23-13-15-25-16-14-23/h7-8,17,22H,2-6,9-16,18H2,1H3. The van der Waals surface area contributed by atoms with Crippen molar-refractivity contribution in [3.63, 3.8) is 0 Å². The van der Waals surface area contributed by atoms with Gasteiger partial charge in [0.2, 0.25) is 0 Å². The van der Waals surface area contributed by atoms with Gasteiger partial charge in [-0.25, -0.2) is 0 Å². The van der Waals surface area contributed by atoms with Crippen molar-refractivity contribution in [1.29, 1.82) is 0 Å². The number of nitrogens with one attached hydrogen (secondary N) is 1. The maximum atomic E-state index is 5.40. The molecule has 1 aromatic rings. The van der Waals surface area contributed by atoms with Gasteiger partial charge in [-0.1, -0.05) is 25.5 Å². The molecule has 0 aromatic heterocycles. The fourth-order valence-corrected chi connectivity index (χ4v) is 3.90. The third-order valence-electron chi connectivity index (χ3n) is 5.40. The Balaban J connectivity index is 1.41. The summed E-state index contributed by atoms with van der Waals surface area (Å²) in [5, 5.41) is 3.62. The monoisotopic (exact) mass is 345 g/mol. The van der Waals surface area contributed by atoms with Gasteiger partial charge in [0.15, 0.2) is 0 Å². The van der Waals surface area contributed by atoms with Crippen LogP contribution in [0.4, 0.5) is 5.69 Å². The van der Waals surface area contributed by atoms with E-state index in [1.807, 2.05) is 0 Å². The molecule has 0 atom stereocenters. The van der Waals surface area contributed by atoms with Gasteiger partial charge in [0.1, 0.15) is 0 Å². The van der Waals surface area contributed by atoms with Gasteiger partial charge >= 0.3 is 0 Å². The van der Waals surface area contributed by atoms with Crippen molar-refractivity contribution in [2.75, 3.05) is 57.4 Å². The van der Waals surface area contributed by atoms with E-state index in [0.29, 0.717) is 0 Å². The molecule has 25 heavy (non-hydrogen) atoms. The van der Waals surface area contributed by atoms with Crippen LogP contribution in [0.15, 0.2) is 18.2 Å². The zero-order valence-electron chi connectivity index (χ0n) is 15.9. The van der Waals surface area contributed by atoms with Crippen LogP contribution in [-0.4, -0.2) is 57.4 Å². The molecule has 0 aliphatic carbocycles. The van der Waals surface area contributed by atoms with Crippen molar-refractivity contribution in [1.82, 2.24) is 10.2 Å². The predicted molar refractivity (Wildman–Crippen MR) is 105 cm³/mol. The second kappa shape index (κ2) is 10.1. The van der Waals surface area contributed by atoms with Gasteiger partial charge in [0.25, 0.3) is 0 Å². The molecule has 140 valence electrons. The SMILES string of the molecule is CCCCN1CCCc2cc(CNCCCN3CCOCC3)ccc21. The summed E-state index contributed by atoms with van der Waals surface area (Å²) in [7, 11) is 0. The molecule has 0 unspecified atom stereocenters. The molecule has 1 aromatic carbocycles. The number of hydrogen-bond acceptors (Lipinski definition) is 4. The van der Waals surface area contributed by atoms with E-state index in [0.717, 1.165) is 39.4 Å². The molecule has 2 aliphatic rings. The van der Waals surface area contributed by atoms with Gasteiger partial charge in [-0.15, -0.1) is 0 Å². The van der Waals surface area contributed by atoms with Gasteiger partial charge < -0.3 is 15.0 Å². The van der Waals surface area contributed by atoms with Crippen LogP contribution >= 0.6 is 0 Å². The number of nitrogens with zero attached hydrogens (tertiary/aromatic N) is 2. The van der Waals surface area contributed by atoms with E-state index in [1.54, 1.807) is 5.56 Å². The van der Waals surface area contributed by atoms with Crippen LogP contribution in [0.5, 0.6) is 0 Å². The van der Waals surface area contributed by atoms with E-state index < -0.39 is 0 Å². The van der Waals surface area contributed by atoms with Gasteiger partial charge in [-0.3, -0.25) is 4.90 Å². The first kappa shape index (κ1) is 18.7. The van der Waals surface area contributed by atoms with Gasteiger partial charge in [0, 0.05) is 38.4 Å². The molecule has 4 heteroatoms. The minimum Gasteiger partial charge on any atom is -0.379 e. The van der Waals surface area contributed by atoms with Crippen LogP contribution in [0.3, 0.4) is 0 Å². The number of morpholine rings is 1. The molecule has 2 heterocycles. The van der Waals surface area contributed by atoms with Crippen LogP contribution in [0.25, 0.3) is 0 Å². The molecule has 0 spiro atoms. The van der Waals surface area contributed by atoms with Crippen molar-refractivity contribution < 1.29 is 4.74 Å². The number of fused-ring (bicyclic) bond motifs is 1. The molecular formula is C21H35N3O. The Morgan fingerprint density at radius 2 is 1.96 bits per heavy atom. The molecule has 1 saturated heterocycles. The average Bonchev–Trinajstić information content (AvgIpc) is 2.66. The van der Waals surface area contributed by atoms with Gasteiger partial charge in [0.05, 0.1) is 13.2 Å². The highest BCUT2D eigenvalue weighted by Gasteiger charge is 2.16. The first-order valence-electron chi connectivity index (χ1n) is 10.2. The molecule has 3 rings (SSSR count). The predicted octanol–water partition coefficient (Wildman–Crippen LogP) is 3.05. The van der Waals surface area contributed by atoms with E-state index in [-0.39, 0.29) is 0 Å². The van der Waals surface area contributed by atoms with Crippen LogP contribution in [0.1, 0.15) is 43.7 Å². The quantitative estimate of drug-likeness (QED) is 0.696. The maximum absolute atomic E-state index is 5.40. The molecule has 1 N–H and O–H groups in total. The summed E-state index contributed by atoms with van der Waals surface area (Å²) < 4.78 is 5.40. The average molecular weight is 346 g/mol. The first-order valence-corrected chi connectivity index (χ1v) is 10.2. The fraction of sp³-hybridized carbons (Fsp3) is 0.714. The summed E-state index contributed by atoms with van der Waals surface area (Å²) in [5.41, 5.74) is 4.47. The molecule has 0 bridgehead atoms. The minimum absolute atomic E-state index is 0.901. The van der Waals surface area contributed by atoms with Crippen LogP contribution in [0, 0.1) is 0 Å². The van der Waals surface area contributed by atoms with E-state index in [4.69, 9.17) is 4.74 Å². The fourth-order valence-electron chi connectivity index (χ4n) is 3.90. The lowest BCUT2D eigenvalue weighted by Gasteiger charge is -2.31. The Morgan fingerprint density at radius 3 is 2.80 bits per heavy atom. The van der Waals surface area contributed by atoms with Crippen molar-refractivity contribution in [2.24, 2.45) is 0 Å². The molecule has 4 nitrogen and oxygen atoms in total. The lowest BCUT2D eigenvalue weighted by molar-refractivity contribution is 0.0374. The van der Waals surface area contributed by atoms with E-state index >= 15 is 0 Å². The van der Waals surface area contributed by atoms with E-state index in [2.05, 4.69) is 40.2 Å². The molecule has 0 saturated carbocycles. The zero-order chi connectivity index (χ0) is 17.3. The highest BCUT2D eigenvalue weighted by atomic mass is 16.5. The lowest BCUT2D eigenvalue weighted by Crippen LogP contribution is -2.37. The molecule has 0 amide bonds. The van der Waals surface area contributed by atoms with Gasteiger partial charge in [-0.05, 0) is 56.0 Å². The number of hydrogen-bond donors (Lipinski definition) is 1. The highest BCUT2D eigenvalue weighted by Crippen LogP contribution is 2.28. The maximum Gasteiger partial charge on any atom is 0.0594 e.